The van der Waals surface area contributed by atoms with Crippen molar-refractivity contribution in [2.24, 2.45) is 5.84 Å². The minimum absolute atomic E-state index is 0.659. The van der Waals surface area contributed by atoms with Crippen LogP contribution in [0, 0.1) is 0 Å². The maximum atomic E-state index is 5.37. The zero-order chi connectivity index (χ0) is 12.8. The molecule has 3 N–H and O–H groups in total. The van der Waals surface area contributed by atoms with Crippen LogP contribution in [0.5, 0.6) is 0 Å². The fourth-order valence-electron chi connectivity index (χ4n) is 1.72. The van der Waals surface area contributed by atoms with E-state index in [0.717, 1.165) is 24.6 Å². The number of hydrazine groups is 1. The monoisotopic (exact) mass is 243 g/mol. The molecule has 0 unspecified atom stereocenters. The zero-order valence-corrected chi connectivity index (χ0v) is 10.4. The van der Waals surface area contributed by atoms with Gasteiger partial charge in [-0.25, -0.2) is 10.8 Å². The molecule has 94 valence electrons. The lowest BCUT2D eigenvalue weighted by Gasteiger charge is -2.21. The fourth-order valence-corrected chi connectivity index (χ4v) is 1.72. The number of nitrogen functional groups attached to an aromatic ring is 1. The van der Waals surface area contributed by atoms with Crippen LogP contribution < -0.4 is 16.2 Å². The molecular formula is C13H17N5. The number of anilines is 2. The third-order valence-corrected chi connectivity index (χ3v) is 2.67. The molecule has 2 aromatic rings. The second-order valence-electron chi connectivity index (χ2n) is 3.86. The van der Waals surface area contributed by atoms with Gasteiger partial charge in [-0.1, -0.05) is 12.1 Å². The maximum absolute atomic E-state index is 5.37. The number of nitrogens with two attached hydrogens (primary N) is 1. The summed E-state index contributed by atoms with van der Waals surface area (Å²) in [4.78, 5) is 10.9. The number of pyridine rings is 2. The molecule has 0 spiro atoms. The highest BCUT2D eigenvalue weighted by atomic mass is 15.3. The third kappa shape index (κ3) is 2.95. The van der Waals surface area contributed by atoms with Crippen LogP contribution in [0.1, 0.15) is 12.6 Å². The summed E-state index contributed by atoms with van der Waals surface area (Å²) in [5, 5.41) is 0. The van der Waals surface area contributed by atoms with Gasteiger partial charge in [0.1, 0.15) is 11.6 Å². The Morgan fingerprint density at radius 3 is 2.78 bits per heavy atom. The van der Waals surface area contributed by atoms with E-state index in [0.29, 0.717) is 5.82 Å². The van der Waals surface area contributed by atoms with Gasteiger partial charge < -0.3 is 10.3 Å². The van der Waals surface area contributed by atoms with Gasteiger partial charge in [-0.15, -0.1) is 0 Å². The predicted octanol–water partition coefficient (Wildman–Crippen LogP) is 1.79. The van der Waals surface area contributed by atoms with E-state index < -0.39 is 0 Å². The summed E-state index contributed by atoms with van der Waals surface area (Å²) in [5.74, 6) is 6.92. The van der Waals surface area contributed by atoms with Gasteiger partial charge in [0.2, 0.25) is 0 Å². The molecule has 0 fully saturated rings. The van der Waals surface area contributed by atoms with Gasteiger partial charge in [0.15, 0.2) is 0 Å². The summed E-state index contributed by atoms with van der Waals surface area (Å²) in [7, 11) is 0. The SMILES string of the molecule is CCN(Cc1ccccn1)c1cccc(NN)n1. The Labute approximate surface area is 107 Å². The number of nitrogens with one attached hydrogen (secondary N) is 1. The molecule has 5 heteroatoms. The summed E-state index contributed by atoms with van der Waals surface area (Å²) >= 11 is 0. The number of hydrogen-bond donors (Lipinski definition) is 2. The minimum Gasteiger partial charge on any atom is -0.351 e. The Hall–Kier alpha value is -2.14. The van der Waals surface area contributed by atoms with Gasteiger partial charge in [-0.2, -0.15) is 0 Å². The molecule has 0 radical (unpaired) electrons. The van der Waals surface area contributed by atoms with Gasteiger partial charge in [-0.05, 0) is 31.2 Å². The second-order valence-corrected chi connectivity index (χ2v) is 3.86. The average molecular weight is 243 g/mol. The molecule has 0 aliphatic heterocycles. The number of rotatable bonds is 5. The summed E-state index contributed by atoms with van der Waals surface area (Å²) in [6.07, 6.45) is 1.80. The maximum Gasteiger partial charge on any atom is 0.142 e. The first kappa shape index (κ1) is 12.3. The lowest BCUT2D eigenvalue weighted by Crippen LogP contribution is -2.24. The topological polar surface area (TPSA) is 67.1 Å². The Morgan fingerprint density at radius 1 is 1.22 bits per heavy atom. The van der Waals surface area contributed by atoms with Crippen LogP contribution in [0.25, 0.3) is 0 Å². The average Bonchev–Trinajstić information content (AvgIpc) is 2.46. The Morgan fingerprint density at radius 2 is 2.11 bits per heavy atom. The molecule has 2 heterocycles. The van der Waals surface area contributed by atoms with E-state index in [1.54, 1.807) is 6.20 Å². The molecule has 0 atom stereocenters. The highest BCUT2D eigenvalue weighted by Crippen LogP contribution is 2.15. The quantitative estimate of drug-likeness (QED) is 0.619. The second kappa shape index (κ2) is 5.97. The van der Waals surface area contributed by atoms with Crippen molar-refractivity contribution in [2.45, 2.75) is 13.5 Å². The van der Waals surface area contributed by atoms with E-state index in [1.165, 1.54) is 0 Å². The van der Waals surface area contributed by atoms with Gasteiger partial charge in [-0.3, -0.25) is 4.98 Å². The molecule has 0 aliphatic rings. The van der Waals surface area contributed by atoms with Gasteiger partial charge >= 0.3 is 0 Å². The Bertz CT molecular complexity index is 486. The van der Waals surface area contributed by atoms with Crippen molar-refractivity contribution in [3.63, 3.8) is 0 Å². The highest BCUT2D eigenvalue weighted by Gasteiger charge is 2.07. The molecule has 0 saturated carbocycles. The van der Waals surface area contributed by atoms with Crippen molar-refractivity contribution in [1.29, 1.82) is 0 Å². The summed E-state index contributed by atoms with van der Waals surface area (Å²) in [5.41, 5.74) is 3.58. The summed E-state index contributed by atoms with van der Waals surface area (Å²) < 4.78 is 0. The molecule has 0 saturated heterocycles. The van der Waals surface area contributed by atoms with Crippen molar-refractivity contribution in [2.75, 3.05) is 16.9 Å². The van der Waals surface area contributed by atoms with Crippen molar-refractivity contribution in [1.82, 2.24) is 9.97 Å². The van der Waals surface area contributed by atoms with Crippen LogP contribution in [-0.2, 0) is 6.54 Å². The van der Waals surface area contributed by atoms with Crippen LogP contribution >= 0.6 is 0 Å². The van der Waals surface area contributed by atoms with Crippen LogP contribution in [0.3, 0.4) is 0 Å². The van der Waals surface area contributed by atoms with E-state index >= 15 is 0 Å². The molecule has 0 aliphatic carbocycles. The van der Waals surface area contributed by atoms with E-state index in [-0.39, 0.29) is 0 Å². The summed E-state index contributed by atoms with van der Waals surface area (Å²) in [6.45, 7) is 3.68. The Balaban J connectivity index is 2.17. The predicted molar refractivity (Wildman–Crippen MR) is 73.0 cm³/mol. The number of aromatic nitrogens is 2. The Kier molecular flexibility index (Phi) is 4.09. The van der Waals surface area contributed by atoms with Crippen LogP contribution in [-0.4, -0.2) is 16.5 Å². The number of hydrogen-bond acceptors (Lipinski definition) is 5. The number of nitrogens with zero attached hydrogens (tertiary/aromatic N) is 3. The van der Waals surface area contributed by atoms with Crippen molar-refractivity contribution in [3.05, 3.63) is 48.3 Å². The van der Waals surface area contributed by atoms with Crippen LogP contribution in [0.2, 0.25) is 0 Å². The largest absolute Gasteiger partial charge is 0.351 e. The molecule has 5 nitrogen and oxygen atoms in total. The minimum atomic E-state index is 0.659. The van der Waals surface area contributed by atoms with Crippen molar-refractivity contribution < 1.29 is 0 Å². The molecule has 0 aromatic carbocycles. The fraction of sp³-hybridized carbons (Fsp3) is 0.231. The third-order valence-electron chi connectivity index (χ3n) is 2.67. The van der Waals surface area contributed by atoms with Crippen molar-refractivity contribution in [3.8, 4) is 0 Å². The first-order valence-corrected chi connectivity index (χ1v) is 5.92. The first-order valence-electron chi connectivity index (χ1n) is 5.92. The smallest absolute Gasteiger partial charge is 0.142 e. The molecule has 2 aromatic heterocycles. The van der Waals surface area contributed by atoms with E-state index in [9.17, 15) is 0 Å². The molecule has 18 heavy (non-hydrogen) atoms. The van der Waals surface area contributed by atoms with Gasteiger partial charge in [0.05, 0.1) is 12.2 Å². The standard InChI is InChI=1S/C13H17N5/c1-2-18(10-11-6-3-4-9-15-11)13-8-5-7-12(16-13)17-14/h3-9H,2,10,14H2,1H3,(H,16,17). The van der Waals surface area contributed by atoms with Gasteiger partial charge in [0.25, 0.3) is 0 Å². The van der Waals surface area contributed by atoms with E-state index in [4.69, 9.17) is 5.84 Å². The van der Waals surface area contributed by atoms with Crippen LogP contribution in [0.4, 0.5) is 11.6 Å². The lowest BCUT2D eigenvalue weighted by molar-refractivity contribution is 0.794. The van der Waals surface area contributed by atoms with Crippen LogP contribution in [0.15, 0.2) is 42.6 Å². The van der Waals surface area contributed by atoms with Gasteiger partial charge in [0, 0.05) is 12.7 Å². The zero-order valence-electron chi connectivity index (χ0n) is 10.4. The molecule has 2 rings (SSSR count). The lowest BCUT2D eigenvalue weighted by atomic mass is 10.3. The molecule has 0 amide bonds. The van der Waals surface area contributed by atoms with E-state index in [2.05, 4.69) is 27.2 Å². The van der Waals surface area contributed by atoms with Crippen molar-refractivity contribution >= 4 is 11.6 Å². The first-order chi connectivity index (χ1) is 8.83. The molecular weight excluding hydrogens is 226 g/mol. The highest BCUT2D eigenvalue weighted by molar-refractivity contribution is 5.46. The normalized spacial score (nSPS) is 10.1. The van der Waals surface area contributed by atoms with E-state index in [1.807, 2.05) is 36.4 Å². The summed E-state index contributed by atoms with van der Waals surface area (Å²) in [6, 6.07) is 11.6. The molecule has 0 bridgehead atoms.